The summed E-state index contributed by atoms with van der Waals surface area (Å²) >= 11 is 1.45. The van der Waals surface area contributed by atoms with Crippen LogP contribution >= 0.6 is 11.3 Å². The molecule has 7 heteroatoms. The molecule has 0 saturated heterocycles. The van der Waals surface area contributed by atoms with Gasteiger partial charge in [-0.25, -0.2) is 0 Å². The minimum atomic E-state index is -0.583. The summed E-state index contributed by atoms with van der Waals surface area (Å²) < 4.78 is 0. The molecule has 2 N–H and O–H groups in total. The highest BCUT2D eigenvalue weighted by Crippen LogP contribution is 2.20. The zero-order chi connectivity index (χ0) is 12.3. The Labute approximate surface area is 101 Å². The van der Waals surface area contributed by atoms with Crippen molar-refractivity contribution in [2.75, 3.05) is 5.73 Å². The predicted octanol–water partition coefficient (Wildman–Crippen LogP) is 2.20. The lowest BCUT2D eigenvalue weighted by atomic mass is 10.3. The maximum atomic E-state index is 10.4. The van der Waals surface area contributed by atoms with Crippen LogP contribution in [0.3, 0.4) is 0 Å². The van der Waals surface area contributed by atoms with E-state index in [0.29, 0.717) is 5.69 Å². The zero-order valence-corrected chi connectivity index (χ0v) is 9.42. The number of nitrogens with two attached hydrogens (primary N) is 1. The number of nitrogens with zero attached hydrogens (tertiary/aromatic N) is 3. The highest BCUT2D eigenvalue weighted by molar-refractivity contribution is 7.16. The van der Waals surface area contributed by atoms with Gasteiger partial charge in [0, 0.05) is 10.9 Å². The van der Waals surface area contributed by atoms with Crippen molar-refractivity contribution < 1.29 is 4.92 Å². The van der Waals surface area contributed by atoms with Gasteiger partial charge in [0.15, 0.2) is 0 Å². The van der Waals surface area contributed by atoms with E-state index in [1.165, 1.54) is 17.4 Å². The van der Waals surface area contributed by atoms with Crippen LogP contribution in [-0.2, 0) is 0 Å². The summed E-state index contributed by atoms with van der Waals surface area (Å²) in [7, 11) is 0. The first-order chi connectivity index (χ1) is 8.15. The van der Waals surface area contributed by atoms with E-state index in [0.717, 1.165) is 9.88 Å². The van der Waals surface area contributed by atoms with E-state index in [2.05, 4.69) is 10.2 Å². The van der Waals surface area contributed by atoms with Gasteiger partial charge in [-0.05, 0) is 40.4 Å². The first-order valence-electron chi connectivity index (χ1n) is 4.66. The van der Waals surface area contributed by atoms with Crippen LogP contribution in [0, 0.1) is 10.1 Å². The van der Waals surface area contributed by atoms with Crippen molar-refractivity contribution in [3.63, 3.8) is 0 Å². The molecule has 6 nitrogen and oxygen atoms in total. The van der Waals surface area contributed by atoms with Gasteiger partial charge in [-0.3, -0.25) is 0 Å². The summed E-state index contributed by atoms with van der Waals surface area (Å²) in [6.07, 6.45) is 3.55. The SMILES string of the molecule is Nc1ccc(/C=C/c2ccc([N+](=O)[O-])nn2)s1. The second-order valence-corrected chi connectivity index (χ2v) is 4.29. The molecule has 0 radical (unpaired) electrons. The van der Waals surface area contributed by atoms with Crippen LogP contribution in [0.2, 0.25) is 0 Å². The summed E-state index contributed by atoms with van der Waals surface area (Å²) in [5.74, 6) is -0.262. The van der Waals surface area contributed by atoms with Crippen molar-refractivity contribution in [1.29, 1.82) is 0 Å². The van der Waals surface area contributed by atoms with Crippen LogP contribution in [0.25, 0.3) is 12.2 Å². The van der Waals surface area contributed by atoms with E-state index in [1.807, 2.05) is 18.2 Å². The standard InChI is InChI=1S/C10H8N4O2S/c11-9-5-4-8(17-9)3-1-7-2-6-10(13-12-7)14(15)16/h1-6H,11H2/b3-1+. The largest absolute Gasteiger partial charge is 0.391 e. The molecule has 0 fully saturated rings. The lowest BCUT2D eigenvalue weighted by Crippen LogP contribution is -1.94. The van der Waals surface area contributed by atoms with Gasteiger partial charge in [-0.2, -0.15) is 0 Å². The number of hydrogen-bond acceptors (Lipinski definition) is 6. The average Bonchev–Trinajstić information content (AvgIpc) is 2.73. The second kappa shape index (κ2) is 4.71. The Bertz CT molecular complexity index is 562. The average molecular weight is 248 g/mol. The third-order valence-corrected chi connectivity index (χ3v) is 2.80. The van der Waals surface area contributed by atoms with Gasteiger partial charge in [-0.1, -0.05) is 0 Å². The fraction of sp³-hybridized carbons (Fsp3) is 0. The van der Waals surface area contributed by atoms with E-state index in [1.54, 1.807) is 12.1 Å². The molecule has 0 unspecified atom stereocenters. The molecule has 0 spiro atoms. The Kier molecular flexibility index (Phi) is 3.10. The Morgan fingerprint density at radius 3 is 2.59 bits per heavy atom. The van der Waals surface area contributed by atoms with Gasteiger partial charge in [0.1, 0.15) is 5.69 Å². The molecule has 0 atom stereocenters. The minimum absolute atomic E-state index is 0.262. The molecule has 0 aliphatic rings. The van der Waals surface area contributed by atoms with Crippen LogP contribution in [0.15, 0.2) is 24.3 Å². The Morgan fingerprint density at radius 1 is 1.24 bits per heavy atom. The molecule has 17 heavy (non-hydrogen) atoms. The molecule has 86 valence electrons. The normalized spacial score (nSPS) is 10.8. The summed E-state index contributed by atoms with van der Waals surface area (Å²) in [5.41, 5.74) is 6.14. The lowest BCUT2D eigenvalue weighted by Gasteiger charge is -1.90. The fourth-order valence-electron chi connectivity index (χ4n) is 1.15. The maximum absolute atomic E-state index is 10.4. The molecule has 0 bridgehead atoms. The molecule has 2 aromatic heterocycles. The number of anilines is 1. The number of nitro groups is 1. The number of rotatable bonds is 3. The minimum Gasteiger partial charge on any atom is -0.391 e. The van der Waals surface area contributed by atoms with Gasteiger partial charge >= 0.3 is 5.82 Å². The zero-order valence-electron chi connectivity index (χ0n) is 8.61. The predicted molar refractivity (Wildman–Crippen MR) is 66.3 cm³/mol. The quantitative estimate of drug-likeness (QED) is 0.663. The summed E-state index contributed by atoms with van der Waals surface area (Å²) in [4.78, 5) is 10.8. The van der Waals surface area contributed by atoms with Gasteiger partial charge in [0.25, 0.3) is 0 Å². The molecule has 2 aromatic rings. The number of hydrogen-bond donors (Lipinski definition) is 1. The monoisotopic (exact) mass is 248 g/mol. The van der Waals surface area contributed by atoms with Gasteiger partial charge in [0.05, 0.1) is 10.1 Å². The van der Waals surface area contributed by atoms with Crippen LogP contribution in [-0.4, -0.2) is 15.1 Å². The summed E-state index contributed by atoms with van der Waals surface area (Å²) in [5, 5.41) is 18.3. The smallest absolute Gasteiger partial charge is 0.390 e. The Balaban J connectivity index is 2.13. The van der Waals surface area contributed by atoms with E-state index in [4.69, 9.17) is 5.73 Å². The molecular weight excluding hydrogens is 240 g/mol. The Morgan fingerprint density at radius 2 is 2.06 bits per heavy atom. The molecule has 0 aromatic carbocycles. The van der Waals surface area contributed by atoms with E-state index < -0.39 is 4.92 Å². The Hall–Kier alpha value is -2.28. The first-order valence-corrected chi connectivity index (χ1v) is 5.48. The molecular formula is C10H8N4O2S. The molecule has 2 rings (SSSR count). The topological polar surface area (TPSA) is 94.9 Å². The van der Waals surface area contributed by atoms with E-state index in [-0.39, 0.29) is 5.82 Å². The molecule has 0 saturated carbocycles. The molecule has 0 aliphatic heterocycles. The van der Waals surface area contributed by atoms with Gasteiger partial charge in [0.2, 0.25) is 0 Å². The lowest BCUT2D eigenvalue weighted by molar-refractivity contribution is -0.390. The first kappa shape index (κ1) is 11.2. The van der Waals surface area contributed by atoms with Crippen molar-refractivity contribution in [2.45, 2.75) is 0 Å². The second-order valence-electron chi connectivity index (χ2n) is 3.15. The van der Waals surface area contributed by atoms with E-state index in [9.17, 15) is 10.1 Å². The number of aromatic nitrogens is 2. The maximum Gasteiger partial charge on any atom is 0.390 e. The number of nitrogen functional groups attached to an aromatic ring is 1. The van der Waals surface area contributed by atoms with Crippen molar-refractivity contribution in [2.24, 2.45) is 0 Å². The van der Waals surface area contributed by atoms with Crippen molar-refractivity contribution in [3.8, 4) is 0 Å². The van der Waals surface area contributed by atoms with Crippen LogP contribution in [0.4, 0.5) is 10.8 Å². The third-order valence-electron chi connectivity index (χ3n) is 1.92. The number of thiophene rings is 1. The van der Waals surface area contributed by atoms with Gasteiger partial charge < -0.3 is 15.8 Å². The van der Waals surface area contributed by atoms with Crippen LogP contribution < -0.4 is 5.73 Å². The molecule has 2 heterocycles. The molecule has 0 amide bonds. The van der Waals surface area contributed by atoms with Crippen LogP contribution in [0.1, 0.15) is 10.6 Å². The third kappa shape index (κ3) is 2.85. The molecule has 0 aliphatic carbocycles. The highest BCUT2D eigenvalue weighted by atomic mass is 32.1. The van der Waals surface area contributed by atoms with E-state index >= 15 is 0 Å². The summed E-state index contributed by atoms with van der Waals surface area (Å²) in [6, 6.07) is 6.55. The van der Waals surface area contributed by atoms with Crippen molar-refractivity contribution >= 4 is 34.3 Å². The highest BCUT2D eigenvalue weighted by Gasteiger charge is 2.06. The summed E-state index contributed by atoms with van der Waals surface area (Å²) in [6.45, 7) is 0. The van der Waals surface area contributed by atoms with Crippen molar-refractivity contribution in [3.05, 3.63) is 45.0 Å². The van der Waals surface area contributed by atoms with Crippen LogP contribution in [0.5, 0.6) is 0 Å². The van der Waals surface area contributed by atoms with Gasteiger partial charge in [-0.15, -0.1) is 11.3 Å². The van der Waals surface area contributed by atoms with Crippen molar-refractivity contribution in [1.82, 2.24) is 10.2 Å². The fourth-order valence-corrected chi connectivity index (χ4v) is 1.83.